The SMILES string of the molecule is CCN(CC)Cc1ccc(C(=O)Nc2cc(NC(=O)c3cc(Cl)ncn3)ccc2C)cc1. The van der Waals surface area contributed by atoms with Gasteiger partial charge in [-0.3, -0.25) is 14.5 Å². The van der Waals surface area contributed by atoms with Crippen LogP contribution >= 0.6 is 11.6 Å². The first kappa shape index (κ1) is 23.4. The summed E-state index contributed by atoms with van der Waals surface area (Å²) in [6.07, 6.45) is 1.23. The summed E-state index contributed by atoms with van der Waals surface area (Å²) in [5.41, 5.74) is 3.90. The molecular weight excluding hydrogens is 426 g/mol. The molecule has 0 aliphatic carbocycles. The molecule has 2 amide bonds. The monoisotopic (exact) mass is 451 g/mol. The molecule has 7 nitrogen and oxygen atoms in total. The van der Waals surface area contributed by atoms with Crippen molar-refractivity contribution in [1.82, 2.24) is 14.9 Å². The third-order valence-corrected chi connectivity index (χ3v) is 5.33. The molecule has 0 unspecified atom stereocenters. The Hall–Kier alpha value is -3.29. The van der Waals surface area contributed by atoms with Gasteiger partial charge in [-0.2, -0.15) is 0 Å². The quantitative estimate of drug-likeness (QED) is 0.481. The van der Waals surface area contributed by atoms with Gasteiger partial charge in [0.1, 0.15) is 17.2 Å². The summed E-state index contributed by atoms with van der Waals surface area (Å²) < 4.78 is 0. The van der Waals surface area contributed by atoms with Gasteiger partial charge in [0, 0.05) is 29.5 Å². The molecule has 32 heavy (non-hydrogen) atoms. The van der Waals surface area contributed by atoms with Crippen LogP contribution in [0, 0.1) is 6.92 Å². The minimum atomic E-state index is -0.417. The van der Waals surface area contributed by atoms with Gasteiger partial charge in [-0.1, -0.05) is 43.6 Å². The molecule has 0 aliphatic heterocycles. The Morgan fingerprint density at radius 1 is 0.938 bits per heavy atom. The smallest absolute Gasteiger partial charge is 0.274 e. The first-order valence-corrected chi connectivity index (χ1v) is 10.8. The number of carbonyl (C=O) groups is 2. The van der Waals surface area contributed by atoms with Crippen LogP contribution in [0.4, 0.5) is 11.4 Å². The van der Waals surface area contributed by atoms with E-state index in [1.165, 1.54) is 12.4 Å². The van der Waals surface area contributed by atoms with Gasteiger partial charge in [-0.15, -0.1) is 0 Å². The Balaban J connectivity index is 1.69. The topological polar surface area (TPSA) is 87.2 Å². The van der Waals surface area contributed by atoms with Crippen molar-refractivity contribution in [1.29, 1.82) is 0 Å². The lowest BCUT2D eigenvalue weighted by atomic mass is 10.1. The zero-order valence-corrected chi connectivity index (χ0v) is 19.1. The molecule has 3 rings (SSSR count). The van der Waals surface area contributed by atoms with E-state index in [2.05, 4.69) is 39.3 Å². The zero-order chi connectivity index (χ0) is 23.1. The predicted octanol–water partition coefficient (Wildman–Crippen LogP) is 4.78. The maximum atomic E-state index is 12.8. The Morgan fingerprint density at radius 3 is 2.31 bits per heavy atom. The van der Waals surface area contributed by atoms with Gasteiger partial charge in [0.25, 0.3) is 11.8 Å². The molecule has 1 heterocycles. The average molecular weight is 452 g/mol. The Kier molecular flexibility index (Phi) is 7.92. The number of carbonyl (C=O) groups excluding carboxylic acids is 2. The van der Waals surface area contributed by atoms with Gasteiger partial charge >= 0.3 is 0 Å². The van der Waals surface area contributed by atoms with Crippen LogP contribution in [-0.2, 0) is 6.54 Å². The molecule has 0 saturated heterocycles. The molecule has 8 heteroatoms. The standard InChI is InChI=1S/C24H26ClN5O2/c1-4-30(5-2)14-17-7-9-18(10-8-17)23(31)29-20-12-19(11-6-16(20)3)28-24(32)21-13-22(25)27-15-26-21/h6-13,15H,4-5,14H2,1-3H3,(H,28,32)(H,29,31). The van der Waals surface area contributed by atoms with E-state index in [4.69, 9.17) is 11.6 Å². The molecule has 1 aromatic heterocycles. The lowest BCUT2D eigenvalue weighted by Crippen LogP contribution is -2.22. The number of benzene rings is 2. The first-order valence-electron chi connectivity index (χ1n) is 10.4. The minimum absolute atomic E-state index is 0.154. The van der Waals surface area contributed by atoms with Crippen LogP contribution in [-0.4, -0.2) is 39.8 Å². The molecular formula is C24H26ClN5O2. The molecule has 0 aliphatic rings. The normalized spacial score (nSPS) is 10.8. The number of nitrogens with one attached hydrogen (secondary N) is 2. The molecule has 0 spiro atoms. The van der Waals surface area contributed by atoms with Crippen molar-refractivity contribution in [2.24, 2.45) is 0 Å². The van der Waals surface area contributed by atoms with Crippen LogP contribution in [0.1, 0.15) is 45.8 Å². The fourth-order valence-electron chi connectivity index (χ4n) is 3.15. The molecule has 0 atom stereocenters. The largest absolute Gasteiger partial charge is 0.322 e. The van der Waals surface area contributed by atoms with E-state index in [9.17, 15) is 9.59 Å². The highest BCUT2D eigenvalue weighted by Crippen LogP contribution is 2.22. The van der Waals surface area contributed by atoms with Crippen LogP contribution in [0.2, 0.25) is 5.15 Å². The van der Waals surface area contributed by atoms with Crippen LogP contribution in [0.5, 0.6) is 0 Å². The highest BCUT2D eigenvalue weighted by atomic mass is 35.5. The molecule has 3 aromatic rings. The number of aryl methyl sites for hydroxylation is 1. The lowest BCUT2D eigenvalue weighted by molar-refractivity contribution is 0.101. The fraction of sp³-hybridized carbons (Fsp3) is 0.250. The number of halogens is 1. The first-order chi connectivity index (χ1) is 15.4. The summed E-state index contributed by atoms with van der Waals surface area (Å²) in [6.45, 7) is 8.97. The Labute approximate surface area is 192 Å². The van der Waals surface area contributed by atoms with E-state index in [1.54, 1.807) is 12.1 Å². The third kappa shape index (κ3) is 6.12. The van der Waals surface area contributed by atoms with Crippen molar-refractivity contribution in [3.8, 4) is 0 Å². The second-order valence-electron chi connectivity index (χ2n) is 7.32. The van der Waals surface area contributed by atoms with Crippen LogP contribution in [0.15, 0.2) is 54.9 Å². The molecule has 0 bridgehead atoms. The summed E-state index contributed by atoms with van der Waals surface area (Å²) >= 11 is 5.82. The van der Waals surface area contributed by atoms with Crippen molar-refractivity contribution in [2.45, 2.75) is 27.3 Å². The maximum absolute atomic E-state index is 12.8. The Morgan fingerprint density at radius 2 is 1.66 bits per heavy atom. The van der Waals surface area contributed by atoms with Crippen LogP contribution in [0.25, 0.3) is 0 Å². The summed E-state index contributed by atoms with van der Waals surface area (Å²) in [5.74, 6) is -0.632. The fourth-order valence-corrected chi connectivity index (χ4v) is 3.30. The van der Waals surface area contributed by atoms with E-state index >= 15 is 0 Å². The number of hydrogen-bond donors (Lipinski definition) is 2. The second-order valence-corrected chi connectivity index (χ2v) is 7.71. The molecule has 0 fully saturated rings. The van der Waals surface area contributed by atoms with Gasteiger partial charge < -0.3 is 10.6 Å². The third-order valence-electron chi connectivity index (χ3n) is 5.13. The van der Waals surface area contributed by atoms with E-state index in [-0.39, 0.29) is 16.8 Å². The number of nitrogens with zero attached hydrogens (tertiary/aromatic N) is 3. The number of rotatable bonds is 8. The highest BCUT2D eigenvalue weighted by molar-refractivity contribution is 6.29. The van der Waals surface area contributed by atoms with E-state index in [0.717, 1.165) is 30.8 Å². The zero-order valence-electron chi connectivity index (χ0n) is 18.4. The summed E-state index contributed by atoms with van der Waals surface area (Å²) in [4.78, 5) is 35.2. The van der Waals surface area contributed by atoms with E-state index in [0.29, 0.717) is 16.9 Å². The number of hydrogen-bond acceptors (Lipinski definition) is 5. The summed E-state index contributed by atoms with van der Waals surface area (Å²) in [6, 6.07) is 14.3. The van der Waals surface area contributed by atoms with Gasteiger partial charge in [-0.25, -0.2) is 9.97 Å². The van der Waals surface area contributed by atoms with Crippen LogP contribution < -0.4 is 10.6 Å². The van der Waals surface area contributed by atoms with E-state index < -0.39 is 5.91 Å². The van der Waals surface area contributed by atoms with Gasteiger partial charge in [0.05, 0.1) is 0 Å². The van der Waals surface area contributed by atoms with E-state index in [1.807, 2.05) is 37.3 Å². The van der Waals surface area contributed by atoms with Gasteiger partial charge in [-0.05, 0) is 55.4 Å². The Bertz CT molecular complexity index is 1100. The molecule has 0 radical (unpaired) electrons. The lowest BCUT2D eigenvalue weighted by Gasteiger charge is -2.18. The molecule has 2 aromatic carbocycles. The van der Waals surface area contributed by atoms with Gasteiger partial charge in [0.15, 0.2) is 0 Å². The maximum Gasteiger partial charge on any atom is 0.274 e. The number of anilines is 2. The van der Waals surface area contributed by atoms with Crippen molar-refractivity contribution < 1.29 is 9.59 Å². The minimum Gasteiger partial charge on any atom is -0.322 e. The molecule has 2 N–H and O–H groups in total. The van der Waals surface area contributed by atoms with Crippen molar-refractivity contribution >= 4 is 34.8 Å². The van der Waals surface area contributed by atoms with Crippen molar-refractivity contribution in [3.05, 3.63) is 82.4 Å². The highest BCUT2D eigenvalue weighted by Gasteiger charge is 2.12. The van der Waals surface area contributed by atoms with Gasteiger partial charge in [0.2, 0.25) is 0 Å². The molecule has 166 valence electrons. The summed E-state index contributed by atoms with van der Waals surface area (Å²) in [7, 11) is 0. The van der Waals surface area contributed by atoms with Crippen molar-refractivity contribution in [3.63, 3.8) is 0 Å². The second kappa shape index (κ2) is 10.8. The summed E-state index contributed by atoms with van der Waals surface area (Å²) in [5, 5.41) is 5.87. The van der Waals surface area contributed by atoms with Crippen LogP contribution in [0.3, 0.4) is 0 Å². The molecule has 0 saturated carbocycles. The van der Waals surface area contributed by atoms with Crippen molar-refractivity contribution in [2.75, 3.05) is 23.7 Å². The average Bonchev–Trinajstić information content (AvgIpc) is 2.80. The number of amides is 2. The number of aromatic nitrogens is 2. The predicted molar refractivity (Wildman–Crippen MR) is 127 cm³/mol.